The summed E-state index contributed by atoms with van der Waals surface area (Å²) < 4.78 is 0. The molecule has 1 fully saturated rings. The minimum absolute atomic E-state index is 0.0358. The molecule has 0 radical (unpaired) electrons. The fraction of sp³-hybridized carbons (Fsp3) is 0.929. The molecule has 0 aromatic heterocycles. The van der Waals surface area contributed by atoms with Gasteiger partial charge < -0.3 is 11.1 Å². The van der Waals surface area contributed by atoms with E-state index in [-0.39, 0.29) is 17.4 Å². The predicted molar refractivity (Wildman–Crippen MR) is 83.4 cm³/mol. The number of nitrogens with zero attached hydrogens (tertiary/aromatic N) is 1. The summed E-state index contributed by atoms with van der Waals surface area (Å²) in [5, 5.41) is 2.98. The van der Waals surface area contributed by atoms with E-state index in [2.05, 4.69) is 31.0 Å². The van der Waals surface area contributed by atoms with E-state index < -0.39 is 0 Å². The number of nitrogens with two attached hydrogens (primary N) is 1. The van der Waals surface area contributed by atoms with Gasteiger partial charge in [0.15, 0.2) is 0 Å². The lowest BCUT2D eigenvalue weighted by Crippen LogP contribution is -2.40. The van der Waals surface area contributed by atoms with Gasteiger partial charge in [-0.05, 0) is 11.8 Å². The van der Waals surface area contributed by atoms with Gasteiger partial charge in [0.25, 0.3) is 0 Å². The highest BCUT2D eigenvalue weighted by Crippen LogP contribution is 2.20. The molecule has 112 valence electrons. The molecule has 0 spiro atoms. The van der Waals surface area contributed by atoms with Gasteiger partial charge in [0.1, 0.15) is 0 Å². The van der Waals surface area contributed by atoms with Gasteiger partial charge in [0, 0.05) is 50.1 Å². The Labute approximate surface area is 121 Å². The van der Waals surface area contributed by atoms with E-state index in [1.807, 2.05) is 11.8 Å². The molecular formula is C14H29N3OS. The molecule has 0 aliphatic carbocycles. The minimum atomic E-state index is -0.0358. The van der Waals surface area contributed by atoms with Crippen LogP contribution in [0.25, 0.3) is 0 Å². The van der Waals surface area contributed by atoms with Crippen LogP contribution in [-0.2, 0) is 4.79 Å². The Balaban J connectivity index is 2.10. The Kier molecular flexibility index (Phi) is 7.18. The molecule has 0 saturated carbocycles. The fourth-order valence-corrected chi connectivity index (χ4v) is 3.33. The molecule has 1 rings (SSSR count). The first kappa shape index (κ1) is 16.8. The van der Waals surface area contributed by atoms with Crippen molar-refractivity contribution in [3.05, 3.63) is 0 Å². The Morgan fingerprint density at radius 2 is 2.00 bits per heavy atom. The fourth-order valence-electron chi connectivity index (χ4n) is 2.35. The van der Waals surface area contributed by atoms with Gasteiger partial charge in [0.2, 0.25) is 5.91 Å². The largest absolute Gasteiger partial charge is 0.355 e. The Bertz CT molecular complexity index is 272. The van der Waals surface area contributed by atoms with E-state index in [0.717, 1.165) is 32.6 Å². The summed E-state index contributed by atoms with van der Waals surface area (Å²) in [5.74, 6) is 2.51. The van der Waals surface area contributed by atoms with Crippen LogP contribution in [0.5, 0.6) is 0 Å². The zero-order chi connectivity index (χ0) is 14.3. The second-order valence-electron chi connectivity index (χ2n) is 6.53. The minimum Gasteiger partial charge on any atom is -0.355 e. The van der Waals surface area contributed by atoms with Gasteiger partial charge in [-0.15, -0.1) is 0 Å². The van der Waals surface area contributed by atoms with Gasteiger partial charge in [-0.1, -0.05) is 20.8 Å². The van der Waals surface area contributed by atoms with Crippen LogP contribution in [-0.4, -0.2) is 54.5 Å². The summed E-state index contributed by atoms with van der Waals surface area (Å²) in [4.78, 5) is 14.2. The van der Waals surface area contributed by atoms with Crippen molar-refractivity contribution in [2.24, 2.45) is 11.1 Å². The molecule has 1 unspecified atom stereocenters. The van der Waals surface area contributed by atoms with E-state index in [0.29, 0.717) is 6.42 Å². The quantitative estimate of drug-likeness (QED) is 0.773. The first-order chi connectivity index (χ1) is 8.87. The smallest absolute Gasteiger partial charge is 0.221 e. The predicted octanol–water partition coefficient (Wildman–Crippen LogP) is 1.31. The number of amides is 1. The van der Waals surface area contributed by atoms with Gasteiger partial charge in [-0.2, -0.15) is 11.8 Å². The van der Waals surface area contributed by atoms with Crippen molar-refractivity contribution in [3.8, 4) is 0 Å². The molecule has 1 amide bonds. The number of rotatable bonds is 6. The highest BCUT2D eigenvalue weighted by Gasteiger charge is 2.18. The van der Waals surface area contributed by atoms with E-state index in [9.17, 15) is 4.79 Å². The Morgan fingerprint density at radius 3 is 2.58 bits per heavy atom. The highest BCUT2D eigenvalue weighted by atomic mass is 32.2. The molecule has 3 N–H and O–H groups in total. The maximum absolute atomic E-state index is 11.8. The van der Waals surface area contributed by atoms with Crippen molar-refractivity contribution in [1.82, 2.24) is 10.2 Å². The molecular weight excluding hydrogens is 258 g/mol. The Morgan fingerprint density at radius 1 is 1.37 bits per heavy atom. The van der Waals surface area contributed by atoms with E-state index in [4.69, 9.17) is 5.73 Å². The second-order valence-corrected chi connectivity index (χ2v) is 7.76. The third kappa shape index (κ3) is 8.50. The number of hydrogen-bond acceptors (Lipinski definition) is 4. The zero-order valence-electron chi connectivity index (χ0n) is 12.6. The summed E-state index contributed by atoms with van der Waals surface area (Å²) in [6.07, 6.45) is 1.32. The molecule has 1 aliphatic heterocycles. The monoisotopic (exact) mass is 287 g/mol. The van der Waals surface area contributed by atoms with Crippen molar-refractivity contribution < 1.29 is 4.79 Å². The average Bonchev–Trinajstić information content (AvgIpc) is 2.27. The molecule has 1 saturated heterocycles. The van der Waals surface area contributed by atoms with Crippen LogP contribution in [0.15, 0.2) is 0 Å². The molecule has 0 aromatic rings. The maximum Gasteiger partial charge on any atom is 0.221 e. The molecule has 0 bridgehead atoms. The second kappa shape index (κ2) is 8.12. The number of nitrogens with one attached hydrogen (secondary N) is 1. The van der Waals surface area contributed by atoms with Crippen molar-refractivity contribution in [3.63, 3.8) is 0 Å². The van der Waals surface area contributed by atoms with Crippen LogP contribution in [0.2, 0.25) is 0 Å². The number of hydrogen-bond donors (Lipinski definition) is 2. The van der Waals surface area contributed by atoms with Crippen LogP contribution >= 0.6 is 11.8 Å². The lowest BCUT2D eigenvalue weighted by molar-refractivity contribution is -0.121. The van der Waals surface area contributed by atoms with E-state index in [1.165, 1.54) is 11.5 Å². The summed E-state index contributed by atoms with van der Waals surface area (Å²) in [7, 11) is 0. The highest BCUT2D eigenvalue weighted by molar-refractivity contribution is 7.99. The maximum atomic E-state index is 11.8. The van der Waals surface area contributed by atoms with Crippen molar-refractivity contribution in [2.45, 2.75) is 39.7 Å². The van der Waals surface area contributed by atoms with Crippen molar-refractivity contribution in [2.75, 3.05) is 37.7 Å². The summed E-state index contributed by atoms with van der Waals surface area (Å²) in [6.45, 7) is 10.4. The first-order valence-electron chi connectivity index (χ1n) is 7.19. The van der Waals surface area contributed by atoms with Gasteiger partial charge >= 0.3 is 0 Å². The van der Waals surface area contributed by atoms with Crippen molar-refractivity contribution >= 4 is 17.7 Å². The van der Waals surface area contributed by atoms with E-state index >= 15 is 0 Å². The van der Waals surface area contributed by atoms with Gasteiger partial charge in [0.05, 0.1) is 0 Å². The summed E-state index contributed by atoms with van der Waals surface area (Å²) in [6, 6.07) is -0.0358. The van der Waals surface area contributed by atoms with Crippen molar-refractivity contribution in [1.29, 1.82) is 0 Å². The number of thioether (sulfide) groups is 1. The summed E-state index contributed by atoms with van der Waals surface area (Å²) >= 11 is 2.01. The number of carbonyl (C=O) groups is 1. The third-order valence-electron chi connectivity index (χ3n) is 3.18. The van der Waals surface area contributed by atoms with Gasteiger partial charge in [-0.25, -0.2) is 0 Å². The molecule has 19 heavy (non-hydrogen) atoms. The van der Waals surface area contributed by atoms with Crippen LogP contribution in [0.3, 0.4) is 0 Å². The topological polar surface area (TPSA) is 58.4 Å². The van der Waals surface area contributed by atoms with Crippen LogP contribution < -0.4 is 11.1 Å². The zero-order valence-corrected chi connectivity index (χ0v) is 13.4. The standard InChI is InChI=1S/C14H29N3OS/c1-14(2,3)11-12(15)10-13(18)16-4-5-17-6-8-19-9-7-17/h12H,4-11,15H2,1-3H3,(H,16,18). The van der Waals surface area contributed by atoms with Gasteiger partial charge in [-0.3, -0.25) is 9.69 Å². The lowest BCUT2D eigenvalue weighted by Gasteiger charge is -2.26. The van der Waals surface area contributed by atoms with Crippen LogP contribution in [0.4, 0.5) is 0 Å². The molecule has 1 atom stereocenters. The number of carbonyl (C=O) groups excluding carboxylic acids is 1. The Hall–Kier alpha value is -0.260. The normalized spacial score (nSPS) is 19.2. The molecule has 5 heteroatoms. The molecule has 1 heterocycles. The first-order valence-corrected chi connectivity index (χ1v) is 8.35. The molecule has 1 aliphatic rings. The molecule has 4 nitrogen and oxygen atoms in total. The SMILES string of the molecule is CC(C)(C)CC(N)CC(=O)NCCN1CCSCC1. The lowest BCUT2D eigenvalue weighted by atomic mass is 9.87. The summed E-state index contributed by atoms with van der Waals surface area (Å²) in [5.41, 5.74) is 6.19. The van der Waals surface area contributed by atoms with Crippen LogP contribution in [0.1, 0.15) is 33.6 Å². The molecule has 0 aromatic carbocycles. The van der Waals surface area contributed by atoms with E-state index in [1.54, 1.807) is 0 Å². The van der Waals surface area contributed by atoms with Crippen LogP contribution in [0, 0.1) is 5.41 Å². The average molecular weight is 287 g/mol. The third-order valence-corrected chi connectivity index (χ3v) is 4.12.